The molecule has 6 rings (SSSR count). The van der Waals surface area contributed by atoms with E-state index in [0.717, 1.165) is 37.2 Å². The van der Waals surface area contributed by atoms with Crippen LogP contribution < -0.4 is 16.4 Å². The average molecular weight is 769 g/mol. The number of hydrogen-bond acceptors (Lipinski definition) is 8. The number of nitrogen functional groups attached to an aromatic ring is 1. The van der Waals surface area contributed by atoms with E-state index in [0.29, 0.717) is 57.1 Å². The number of nitrogens with two attached hydrogens (primary N) is 1. The zero-order chi connectivity index (χ0) is 38.8. The number of para-hydroxylation sites is 1. The number of anilines is 2. The molecule has 0 radical (unpaired) electrons. The van der Waals surface area contributed by atoms with Crippen LogP contribution in [0.2, 0.25) is 0 Å². The fraction of sp³-hybridized carbons (Fsp3) is 0.583. The molecule has 4 heterocycles. The predicted molar refractivity (Wildman–Crippen MR) is 187 cm³/mol. The van der Waals surface area contributed by atoms with Crippen LogP contribution in [0.1, 0.15) is 47.9 Å². The molecular formula is C36H46F6N8O4. The lowest BCUT2D eigenvalue weighted by molar-refractivity contribution is -0.141. The van der Waals surface area contributed by atoms with Crippen LogP contribution in [-0.2, 0) is 34.8 Å². The first-order valence-electron chi connectivity index (χ1n) is 18.2. The molecule has 4 N–H and O–H groups in total. The first-order chi connectivity index (χ1) is 25.6. The number of piperazine rings is 1. The van der Waals surface area contributed by atoms with Crippen LogP contribution in [0.25, 0.3) is 0 Å². The minimum Gasteiger partial charge on any atom is -0.398 e. The number of amides is 4. The number of carbonyl (C=O) groups excluding carboxylic acids is 3. The molecule has 4 aliphatic heterocycles. The second-order valence-electron chi connectivity index (χ2n) is 14.5. The Bertz CT molecular complexity index is 1630. The van der Waals surface area contributed by atoms with E-state index < -0.39 is 59.2 Å². The largest absolute Gasteiger partial charge is 0.426 e. The van der Waals surface area contributed by atoms with Crippen molar-refractivity contribution in [3.8, 4) is 0 Å². The monoisotopic (exact) mass is 768 g/mol. The number of carbonyl (C=O) groups is 3. The molecule has 0 bridgehead atoms. The van der Waals surface area contributed by atoms with Crippen molar-refractivity contribution in [2.24, 2.45) is 0 Å². The molecule has 1 atom stereocenters. The van der Waals surface area contributed by atoms with Gasteiger partial charge in [-0.15, -0.1) is 5.06 Å². The van der Waals surface area contributed by atoms with Crippen LogP contribution >= 0.6 is 0 Å². The number of fused-ring (bicyclic) bond motifs is 1. The van der Waals surface area contributed by atoms with Crippen LogP contribution in [0, 0.1) is 0 Å². The van der Waals surface area contributed by atoms with Crippen molar-refractivity contribution in [1.82, 2.24) is 30.0 Å². The molecule has 0 aliphatic carbocycles. The van der Waals surface area contributed by atoms with Gasteiger partial charge in [0.2, 0.25) is 5.91 Å². The van der Waals surface area contributed by atoms with Gasteiger partial charge in [0.1, 0.15) is 6.04 Å². The summed E-state index contributed by atoms with van der Waals surface area (Å²) in [5.74, 6) is -0.652. The molecular weight excluding hydrogens is 722 g/mol. The van der Waals surface area contributed by atoms with Gasteiger partial charge in [0.15, 0.2) is 0 Å². The fourth-order valence-electron chi connectivity index (χ4n) is 7.89. The van der Waals surface area contributed by atoms with Gasteiger partial charge in [-0.1, -0.05) is 18.2 Å². The van der Waals surface area contributed by atoms with Crippen LogP contribution in [-0.4, -0.2) is 127 Å². The number of rotatable bonds is 7. The smallest absolute Gasteiger partial charge is 0.398 e. The Morgan fingerprint density at radius 3 is 2.07 bits per heavy atom. The summed E-state index contributed by atoms with van der Waals surface area (Å²) in [6, 6.07) is 6.96. The molecule has 0 spiro atoms. The molecule has 296 valence electrons. The second kappa shape index (κ2) is 16.2. The Morgan fingerprint density at radius 1 is 0.870 bits per heavy atom. The van der Waals surface area contributed by atoms with Gasteiger partial charge in [0.05, 0.1) is 16.8 Å². The number of piperidine rings is 2. The SMILES string of the molecule is CN1CCC(N2CCN(C(=O)[C@@H](Cc3cc(C(F)(F)F)c(N)c(C(F)(F)F)c3)NC(=O)ON3CCC(N4CCc5ccccc5NC4=O)CC3)CC2)CC1. The van der Waals surface area contributed by atoms with Crippen LogP contribution in [0.5, 0.6) is 0 Å². The van der Waals surface area contributed by atoms with E-state index in [1.807, 2.05) is 24.3 Å². The molecule has 4 aliphatic rings. The number of nitrogens with zero attached hydrogens (tertiary/aromatic N) is 5. The number of hydrogen-bond donors (Lipinski definition) is 3. The Hall–Kier alpha value is -4.29. The molecule has 3 saturated heterocycles. The number of urea groups is 1. The number of hydroxylamine groups is 2. The second-order valence-corrected chi connectivity index (χ2v) is 14.5. The van der Waals surface area contributed by atoms with Crippen molar-refractivity contribution in [3.05, 3.63) is 58.7 Å². The minimum absolute atomic E-state index is 0.138. The lowest BCUT2D eigenvalue weighted by Crippen LogP contribution is -2.58. The van der Waals surface area contributed by atoms with Crippen molar-refractivity contribution in [2.45, 2.75) is 69.0 Å². The maximum Gasteiger partial charge on any atom is 0.426 e. The molecule has 12 nitrogen and oxygen atoms in total. The van der Waals surface area contributed by atoms with Crippen molar-refractivity contribution >= 4 is 29.4 Å². The van der Waals surface area contributed by atoms with Gasteiger partial charge in [0, 0.05) is 70.0 Å². The van der Waals surface area contributed by atoms with Gasteiger partial charge < -0.3 is 35.9 Å². The predicted octanol–water partition coefficient (Wildman–Crippen LogP) is 4.65. The van der Waals surface area contributed by atoms with Gasteiger partial charge in [-0.05, 0) is 81.6 Å². The third-order valence-electron chi connectivity index (χ3n) is 10.9. The van der Waals surface area contributed by atoms with E-state index >= 15 is 0 Å². The zero-order valence-corrected chi connectivity index (χ0v) is 30.0. The summed E-state index contributed by atoms with van der Waals surface area (Å²) in [6.07, 6.45) is -8.64. The third-order valence-corrected chi connectivity index (χ3v) is 10.9. The summed E-state index contributed by atoms with van der Waals surface area (Å²) in [5.41, 5.74) is 1.82. The van der Waals surface area contributed by atoms with E-state index in [9.17, 15) is 40.7 Å². The zero-order valence-electron chi connectivity index (χ0n) is 30.0. The number of likely N-dealkylation sites (tertiary alicyclic amines) is 1. The molecule has 18 heteroatoms. The van der Waals surface area contributed by atoms with E-state index in [1.165, 1.54) is 9.96 Å². The maximum atomic E-state index is 13.9. The van der Waals surface area contributed by atoms with Crippen LogP contribution in [0.4, 0.5) is 47.3 Å². The lowest BCUT2D eigenvalue weighted by Gasteiger charge is -2.42. The maximum absolute atomic E-state index is 13.9. The fourth-order valence-corrected chi connectivity index (χ4v) is 7.89. The molecule has 2 aromatic rings. The minimum atomic E-state index is -5.21. The summed E-state index contributed by atoms with van der Waals surface area (Å²) >= 11 is 0. The molecule has 0 unspecified atom stereocenters. The van der Waals surface area contributed by atoms with Crippen molar-refractivity contribution in [2.75, 3.05) is 77.0 Å². The lowest BCUT2D eigenvalue weighted by atomic mass is 9.96. The molecule has 2 aromatic carbocycles. The number of halogens is 6. The van der Waals surface area contributed by atoms with Gasteiger partial charge >= 0.3 is 24.5 Å². The van der Waals surface area contributed by atoms with E-state index in [1.54, 1.807) is 4.90 Å². The average Bonchev–Trinajstić information content (AvgIpc) is 3.29. The quantitative estimate of drug-likeness (QED) is 0.275. The standard InChI is InChI=1S/C36H46F6N8O4/c1-46-11-7-25(8-12-46)47-16-18-48(19-17-47)32(51)30(22-23-20-27(35(37,38)39)31(43)28(21-23)36(40,41)42)45-34(53)54-49-13-9-26(10-14-49)50-15-6-24-4-2-3-5-29(24)44-33(50)52/h2-5,20-21,25-26,30H,6-19,22,43H2,1H3,(H,44,52)(H,45,53)/t30-/m1/s1. The Morgan fingerprint density at radius 2 is 1.46 bits per heavy atom. The van der Waals surface area contributed by atoms with Crippen molar-refractivity contribution < 1.29 is 45.6 Å². The van der Waals surface area contributed by atoms with E-state index in [4.69, 9.17) is 10.6 Å². The molecule has 54 heavy (non-hydrogen) atoms. The number of alkyl halides is 6. The van der Waals surface area contributed by atoms with E-state index in [2.05, 4.69) is 27.5 Å². The summed E-state index contributed by atoms with van der Waals surface area (Å²) in [4.78, 5) is 53.5. The topological polar surface area (TPSA) is 127 Å². The summed E-state index contributed by atoms with van der Waals surface area (Å²) in [5, 5.41) is 6.75. The first kappa shape index (κ1) is 39.4. The van der Waals surface area contributed by atoms with Gasteiger partial charge in [-0.2, -0.15) is 26.3 Å². The molecule has 4 amide bonds. The van der Waals surface area contributed by atoms with E-state index in [-0.39, 0.29) is 38.3 Å². The Labute approximate surface area is 309 Å². The van der Waals surface area contributed by atoms with Gasteiger partial charge in [-0.3, -0.25) is 9.69 Å². The highest BCUT2D eigenvalue weighted by Crippen LogP contribution is 2.42. The molecule has 0 saturated carbocycles. The highest BCUT2D eigenvalue weighted by Gasteiger charge is 2.42. The summed E-state index contributed by atoms with van der Waals surface area (Å²) in [7, 11) is 2.05. The molecule has 0 aromatic heterocycles. The first-order valence-corrected chi connectivity index (χ1v) is 18.2. The number of benzene rings is 2. The van der Waals surface area contributed by atoms with Crippen molar-refractivity contribution in [3.63, 3.8) is 0 Å². The van der Waals surface area contributed by atoms with Crippen molar-refractivity contribution in [1.29, 1.82) is 0 Å². The summed E-state index contributed by atoms with van der Waals surface area (Å²) in [6.45, 7) is 4.48. The highest BCUT2D eigenvalue weighted by molar-refractivity contribution is 5.91. The Kier molecular flexibility index (Phi) is 11.8. The molecule has 3 fully saturated rings. The van der Waals surface area contributed by atoms with Gasteiger partial charge in [0.25, 0.3) is 0 Å². The Balaban J connectivity index is 1.13. The summed E-state index contributed by atoms with van der Waals surface area (Å²) < 4.78 is 83.2. The van der Waals surface area contributed by atoms with Gasteiger partial charge in [-0.25, -0.2) is 9.59 Å². The normalized spacial score (nSPS) is 20.9. The highest BCUT2D eigenvalue weighted by atomic mass is 19.4. The number of nitrogens with one attached hydrogen (secondary N) is 2. The third kappa shape index (κ3) is 9.32. The van der Waals surface area contributed by atoms with Crippen LogP contribution in [0.15, 0.2) is 36.4 Å². The van der Waals surface area contributed by atoms with Crippen LogP contribution in [0.3, 0.4) is 0 Å².